The van der Waals surface area contributed by atoms with E-state index in [0.29, 0.717) is 24.4 Å². The summed E-state index contributed by atoms with van der Waals surface area (Å²) in [5.74, 6) is -3.24. The Balaban J connectivity index is 1.72. The van der Waals surface area contributed by atoms with Gasteiger partial charge in [-0.05, 0) is 31.2 Å². The SMILES string of the molecule is Cc1ccc(SCCNC(=O)COC(=O)c2cc(F)c(F)cc2Cl)cc1. The van der Waals surface area contributed by atoms with Crippen LogP contribution in [0.15, 0.2) is 41.3 Å². The molecular weight excluding hydrogens is 384 g/mol. The molecule has 0 saturated carbocycles. The average molecular weight is 400 g/mol. The van der Waals surface area contributed by atoms with Gasteiger partial charge in [0.25, 0.3) is 5.91 Å². The number of esters is 1. The van der Waals surface area contributed by atoms with Crippen LogP contribution in [-0.2, 0) is 9.53 Å². The van der Waals surface area contributed by atoms with E-state index in [1.54, 1.807) is 11.8 Å². The Kier molecular flexibility index (Phi) is 7.41. The van der Waals surface area contributed by atoms with Crippen molar-refractivity contribution in [2.45, 2.75) is 11.8 Å². The molecule has 2 aromatic carbocycles. The lowest BCUT2D eigenvalue weighted by molar-refractivity contribution is -0.124. The quantitative estimate of drug-likeness (QED) is 0.331. The number of nitrogens with one attached hydrogen (secondary N) is 1. The summed E-state index contributed by atoms with van der Waals surface area (Å²) in [4.78, 5) is 24.6. The van der Waals surface area contributed by atoms with E-state index in [1.807, 2.05) is 31.2 Å². The lowest BCUT2D eigenvalue weighted by Crippen LogP contribution is -2.30. The zero-order valence-corrected chi connectivity index (χ0v) is 15.4. The van der Waals surface area contributed by atoms with Crippen molar-refractivity contribution in [1.29, 1.82) is 0 Å². The van der Waals surface area contributed by atoms with Crippen molar-refractivity contribution in [2.75, 3.05) is 18.9 Å². The number of halogens is 3. The number of hydrogen-bond acceptors (Lipinski definition) is 4. The van der Waals surface area contributed by atoms with Gasteiger partial charge in [0, 0.05) is 17.2 Å². The molecule has 26 heavy (non-hydrogen) atoms. The predicted molar refractivity (Wildman–Crippen MR) is 96.6 cm³/mol. The van der Waals surface area contributed by atoms with Crippen molar-refractivity contribution in [2.24, 2.45) is 0 Å². The molecule has 0 aliphatic rings. The summed E-state index contributed by atoms with van der Waals surface area (Å²) in [6.45, 7) is 1.85. The number of thioether (sulfide) groups is 1. The number of hydrogen-bond donors (Lipinski definition) is 1. The molecule has 138 valence electrons. The van der Waals surface area contributed by atoms with E-state index in [-0.39, 0.29) is 10.6 Å². The number of carbonyl (C=O) groups is 2. The highest BCUT2D eigenvalue weighted by Gasteiger charge is 2.17. The third-order valence-electron chi connectivity index (χ3n) is 3.28. The fourth-order valence-electron chi connectivity index (χ4n) is 1.93. The second kappa shape index (κ2) is 9.54. The number of ether oxygens (including phenoxy) is 1. The Morgan fingerprint density at radius 2 is 1.81 bits per heavy atom. The Hall–Kier alpha value is -2.12. The zero-order chi connectivity index (χ0) is 19.1. The zero-order valence-electron chi connectivity index (χ0n) is 13.9. The maximum absolute atomic E-state index is 13.2. The average Bonchev–Trinajstić information content (AvgIpc) is 2.61. The molecular formula is C18H16ClF2NO3S. The van der Waals surface area contributed by atoms with Gasteiger partial charge in [-0.15, -0.1) is 11.8 Å². The molecule has 0 saturated heterocycles. The lowest BCUT2D eigenvalue weighted by atomic mass is 10.2. The Morgan fingerprint density at radius 3 is 2.50 bits per heavy atom. The Morgan fingerprint density at radius 1 is 1.15 bits per heavy atom. The second-order valence-electron chi connectivity index (χ2n) is 5.33. The molecule has 1 N–H and O–H groups in total. The monoisotopic (exact) mass is 399 g/mol. The van der Waals surface area contributed by atoms with Crippen LogP contribution in [0.5, 0.6) is 0 Å². The van der Waals surface area contributed by atoms with Gasteiger partial charge < -0.3 is 10.1 Å². The molecule has 0 fully saturated rings. The highest BCUT2D eigenvalue weighted by molar-refractivity contribution is 7.99. The number of rotatable bonds is 7. The highest BCUT2D eigenvalue weighted by Crippen LogP contribution is 2.21. The number of aryl methyl sites for hydroxylation is 1. The summed E-state index contributed by atoms with van der Waals surface area (Å²) in [5.41, 5.74) is 0.832. The minimum absolute atomic E-state index is 0.288. The molecule has 0 radical (unpaired) electrons. The topological polar surface area (TPSA) is 55.4 Å². The van der Waals surface area contributed by atoms with E-state index in [4.69, 9.17) is 16.3 Å². The van der Waals surface area contributed by atoms with Gasteiger partial charge in [0.15, 0.2) is 18.2 Å². The third kappa shape index (κ3) is 6.00. The van der Waals surface area contributed by atoms with Crippen LogP contribution in [0.4, 0.5) is 8.78 Å². The minimum atomic E-state index is -1.22. The summed E-state index contributed by atoms with van der Waals surface area (Å²) in [6.07, 6.45) is 0. The number of benzene rings is 2. The van der Waals surface area contributed by atoms with E-state index in [0.717, 1.165) is 4.90 Å². The van der Waals surface area contributed by atoms with Gasteiger partial charge in [-0.1, -0.05) is 29.3 Å². The lowest BCUT2D eigenvalue weighted by Gasteiger charge is -2.08. The van der Waals surface area contributed by atoms with Crippen molar-refractivity contribution < 1.29 is 23.1 Å². The second-order valence-corrected chi connectivity index (χ2v) is 6.91. The molecule has 0 spiro atoms. The molecule has 8 heteroatoms. The summed E-state index contributed by atoms with van der Waals surface area (Å²) in [6, 6.07) is 9.31. The summed E-state index contributed by atoms with van der Waals surface area (Å²) in [5, 5.41) is 2.31. The van der Waals surface area contributed by atoms with Gasteiger partial charge in [-0.3, -0.25) is 4.79 Å². The van der Waals surface area contributed by atoms with E-state index in [1.165, 1.54) is 5.56 Å². The molecule has 4 nitrogen and oxygen atoms in total. The smallest absolute Gasteiger partial charge is 0.340 e. The summed E-state index contributed by atoms with van der Waals surface area (Å²) in [7, 11) is 0. The van der Waals surface area contributed by atoms with Crippen LogP contribution in [0.3, 0.4) is 0 Å². The van der Waals surface area contributed by atoms with Crippen LogP contribution >= 0.6 is 23.4 Å². The van der Waals surface area contributed by atoms with Crippen molar-refractivity contribution in [3.63, 3.8) is 0 Å². The third-order valence-corrected chi connectivity index (χ3v) is 4.60. The fraction of sp³-hybridized carbons (Fsp3) is 0.222. The summed E-state index contributed by atoms with van der Waals surface area (Å²) < 4.78 is 30.9. The van der Waals surface area contributed by atoms with E-state index < -0.39 is 30.1 Å². The van der Waals surface area contributed by atoms with Gasteiger partial charge >= 0.3 is 5.97 Å². The number of amides is 1. The Bertz CT molecular complexity index is 800. The van der Waals surface area contributed by atoms with E-state index >= 15 is 0 Å². The van der Waals surface area contributed by atoms with E-state index in [9.17, 15) is 18.4 Å². The first-order chi connectivity index (χ1) is 12.4. The highest BCUT2D eigenvalue weighted by atomic mass is 35.5. The molecule has 0 bridgehead atoms. The maximum Gasteiger partial charge on any atom is 0.340 e. The maximum atomic E-state index is 13.2. The van der Waals surface area contributed by atoms with Gasteiger partial charge in [0.2, 0.25) is 0 Å². The molecule has 2 rings (SSSR count). The first-order valence-electron chi connectivity index (χ1n) is 7.64. The van der Waals surface area contributed by atoms with Crippen molar-refractivity contribution in [1.82, 2.24) is 5.32 Å². The van der Waals surface area contributed by atoms with Crippen LogP contribution in [0, 0.1) is 18.6 Å². The van der Waals surface area contributed by atoms with Crippen LogP contribution in [-0.4, -0.2) is 30.8 Å². The molecule has 0 atom stereocenters. The van der Waals surface area contributed by atoms with Gasteiger partial charge in [-0.2, -0.15) is 0 Å². The molecule has 0 heterocycles. The van der Waals surface area contributed by atoms with Gasteiger partial charge in [0.05, 0.1) is 10.6 Å². The molecule has 1 amide bonds. The van der Waals surface area contributed by atoms with Crippen molar-refractivity contribution in [3.05, 3.63) is 64.2 Å². The first-order valence-corrected chi connectivity index (χ1v) is 9.01. The standard InChI is InChI=1S/C18H16ClF2NO3S/c1-11-2-4-12(5-3-11)26-7-6-22-17(23)10-25-18(24)13-8-15(20)16(21)9-14(13)19/h2-5,8-9H,6-7,10H2,1H3,(H,22,23). The van der Waals surface area contributed by atoms with Crippen LogP contribution < -0.4 is 5.32 Å². The van der Waals surface area contributed by atoms with Gasteiger partial charge in [-0.25, -0.2) is 13.6 Å². The van der Waals surface area contributed by atoms with Gasteiger partial charge in [0.1, 0.15) is 0 Å². The van der Waals surface area contributed by atoms with Crippen LogP contribution in [0.25, 0.3) is 0 Å². The predicted octanol–water partition coefficient (Wildman–Crippen LogP) is 3.99. The van der Waals surface area contributed by atoms with Crippen LogP contribution in [0.2, 0.25) is 5.02 Å². The van der Waals surface area contributed by atoms with Crippen LogP contribution in [0.1, 0.15) is 15.9 Å². The van der Waals surface area contributed by atoms with Crippen molar-refractivity contribution >= 4 is 35.2 Å². The molecule has 0 aliphatic heterocycles. The normalized spacial score (nSPS) is 10.5. The Labute approximate surface area is 158 Å². The molecule has 0 aliphatic carbocycles. The molecule has 2 aromatic rings. The first kappa shape index (κ1) is 20.2. The largest absolute Gasteiger partial charge is 0.452 e. The number of carbonyl (C=O) groups excluding carboxylic acids is 2. The summed E-state index contributed by atoms with van der Waals surface area (Å²) >= 11 is 7.25. The van der Waals surface area contributed by atoms with E-state index in [2.05, 4.69) is 5.32 Å². The van der Waals surface area contributed by atoms with Crippen molar-refractivity contribution in [3.8, 4) is 0 Å². The fourth-order valence-corrected chi connectivity index (χ4v) is 2.93. The molecule has 0 aromatic heterocycles. The minimum Gasteiger partial charge on any atom is -0.452 e. The molecule has 0 unspecified atom stereocenters.